The van der Waals surface area contributed by atoms with Crippen molar-refractivity contribution in [3.63, 3.8) is 0 Å². The van der Waals surface area contributed by atoms with E-state index in [0.29, 0.717) is 36.0 Å². The predicted molar refractivity (Wildman–Crippen MR) is 90.2 cm³/mol. The first-order valence-corrected chi connectivity index (χ1v) is 8.13. The Bertz CT molecular complexity index is 717. The van der Waals surface area contributed by atoms with Crippen LogP contribution >= 0.6 is 11.6 Å². The van der Waals surface area contributed by atoms with Gasteiger partial charge in [-0.3, -0.25) is 4.79 Å². The summed E-state index contributed by atoms with van der Waals surface area (Å²) in [5.41, 5.74) is 3.23. The van der Waals surface area contributed by atoms with Crippen molar-refractivity contribution in [2.45, 2.75) is 33.2 Å². The number of rotatable bonds is 6. The first-order valence-electron chi connectivity index (χ1n) is 7.60. The summed E-state index contributed by atoms with van der Waals surface area (Å²) in [7, 11) is 0. The van der Waals surface area contributed by atoms with Gasteiger partial charge in [-0.15, -0.1) is 11.6 Å². The molecule has 1 heterocycles. The standard InChI is InChI=1S/C18H20ClNO3/c1-4-20-15(18(22)23-5-2)10-12(3)16(20)17(21)14-8-6-13(11-19)7-9-14/h6-10H,4-5,11H2,1-3H3. The van der Waals surface area contributed by atoms with Crippen LogP contribution in [-0.2, 0) is 17.2 Å². The molecule has 0 aliphatic rings. The van der Waals surface area contributed by atoms with Crippen molar-refractivity contribution in [2.75, 3.05) is 6.61 Å². The summed E-state index contributed by atoms with van der Waals surface area (Å²) in [5.74, 6) is -0.110. The Balaban J connectivity index is 2.45. The van der Waals surface area contributed by atoms with Crippen molar-refractivity contribution < 1.29 is 14.3 Å². The monoisotopic (exact) mass is 333 g/mol. The average Bonchev–Trinajstić information content (AvgIpc) is 2.91. The minimum Gasteiger partial charge on any atom is -0.461 e. The largest absolute Gasteiger partial charge is 0.461 e. The zero-order valence-electron chi connectivity index (χ0n) is 13.6. The molecule has 122 valence electrons. The lowest BCUT2D eigenvalue weighted by molar-refractivity contribution is 0.0514. The highest BCUT2D eigenvalue weighted by molar-refractivity contribution is 6.17. The van der Waals surface area contributed by atoms with E-state index in [1.165, 1.54) is 0 Å². The van der Waals surface area contributed by atoms with E-state index >= 15 is 0 Å². The van der Waals surface area contributed by atoms with Crippen LogP contribution in [0.5, 0.6) is 0 Å². The van der Waals surface area contributed by atoms with Crippen LogP contribution in [0.15, 0.2) is 30.3 Å². The number of ketones is 1. The molecule has 0 spiro atoms. The number of carbonyl (C=O) groups is 2. The van der Waals surface area contributed by atoms with Gasteiger partial charge in [0.05, 0.1) is 12.3 Å². The average molecular weight is 334 g/mol. The summed E-state index contributed by atoms with van der Waals surface area (Å²) in [6.07, 6.45) is 0. The van der Waals surface area contributed by atoms with Gasteiger partial charge in [0, 0.05) is 18.0 Å². The Labute approximate surface area is 141 Å². The molecule has 2 aromatic rings. The van der Waals surface area contributed by atoms with Crippen molar-refractivity contribution in [1.82, 2.24) is 4.57 Å². The molecule has 4 nitrogen and oxygen atoms in total. The Morgan fingerprint density at radius 2 is 1.83 bits per heavy atom. The van der Waals surface area contributed by atoms with Gasteiger partial charge in [0.15, 0.2) is 0 Å². The Kier molecular flexibility index (Phi) is 5.61. The molecule has 0 unspecified atom stereocenters. The number of esters is 1. The van der Waals surface area contributed by atoms with Crippen LogP contribution in [0.25, 0.3) is 0 Å². The molecule has 0 bridgehead atoms. The van der Waals surface area contributed by atoms with Gasteiger partial charge in [0.1, 0.15) is 5.69 Å². The minimum atomic E-state index is -0.408. The predicted octanol–water partition coefficient (Wildman–Crippen LogP) is 3.96. The van der Waals surface area contributed by atoms with E-state index in [-0.39, 0.29) is 5.78 Å². The fourth-order valence-electron chi connectivity index (χ4n) is 2.57. The van der Waals surface area contributed by atoms with Crippen LogP contribution in [-0.4, -0.2) is 22.9 Å². The summed E-state index contributed by atoms with van der Waals surface area (Å²) in [4.78, 5) is 24.9. The second kappa shape index (κ2) is 7.47. The maximum absolute atomic E-state index is 12.8. The number of aryl methyl sites for hydroxylation is 1. The summed E-state index contributed by atoms with van der Waals surface area (Å²) >= 11 is 5.78. The van der Waals surface area contributed by atoms with Gasteiger partial charge < -0.3 is 9.30 Å². The lowest BCUT2D eigenvalue weighted by Crippen LogP contribution is -2.16. The third-order valence-electron chi connectivity index (χ3n) is 3.67. The molecule has 5 heteroatoms. The lowest BCUT2D eigenvalue weighted by Gasteiger charge is -2.11. The van der Waals surface area contributed by atoms with Crippen molar-refractivity contribution in [3.8, 4) is 0 Å². The molecule has 0 saturated heterocycles. The highest BCUT2D eigenvalue weighted by Gasteiger charge is 2.23. The molecule has 0 radical (unpaired) electrons. The number of aromatic nitrogens is 1. The highest BCUT2D eigenvalue weighted by atomic mass is 35.5. The smallest absolute Gasteiger partial charge is 0.354 e. The summed E-state index contributed by atoms with van der Waals surface area (Å²) < 4.78 is 6.78. The molecule has 0 amide bonds. The van der Waals surface area contributed by atoms with E-state index < -0.39 is 5.97 Å². The van der Waals surface area contributed by atoms with Crippen LogP contribution in [0.3, 0.4) is 0 Å². The van der Waals surface area contributed by atoms with Gasteiger partial charge in [-0.05, 0) is 38.0 Å². The maximum Gasteiger partial charge on any atom is 0.354 e. The fraction of sp³-hybridized carbons (Fsp3) is 0.333. The highest BCUT2D eigenvalue weighted by Crippen LogP contribution is 2.21. The van der Waals surface area contributed by atoms with E-state index in [0.717, 1.165) is 11.1 Å². The van der Waals surface area contributed by atoms with E-state index in [1.54, 1.807) is 29.7 Å². The Hall–Kier alpha value is -2.07. The van der Waals surface area contributed by atoms with Crippen LogP contribution in [0.1, 0.15) is 51.5 Å². The maximum atomic E-state index is 12.8. The third kappa shape index (κ3) is 3.48. The van der Waals surface area contributed by atoms with Gasteiger partial charge in [-0.25, -0.2) is 4.79 Å². The minimum absolute atomic E-state index is 0.110. The van der Waals surface area contributed by atoms with Gasteiger partial charge in [0.25, 0.3) is 0 Å². The summed E-state index contributed by atoms with van der Waals surface area (Å²) in [5, 5.41) is 0. The molecule has 0 atom stereocenters. The molecule has 0 fully saturated rings. The van der Waals surface area contributed by atoms with Gasteiger partial charge in [0.2, 0.25) is 5.78 Å². The topological polar surface area (TPSA) is 48.3 Å². The van der Waals surface area contributed by atoms with E-state index in [4.69, 9.17) is 16.3 Å². The molecule has 0 aliphatic heterocycles. The molecule has 0 saturated carbocycles. The zero-order valence-corrected chi connectivity index (χ0v) is 14.3. The number of hydrogen-bond donors (Lipinski definition) is 0. The summed E-state index contributed by atoms with van der Waals surface area (Å²) in [6, 6.07) is 8.90. The second-order valence-corrected chi connectivity index (χ2v) is 5.45. The number of nitrogens with zero attached hydrogens (tertiary/aromatic N) is 1. The molecule has 23 heavy (non-hydrogen) atoms. The molecular weight excluding hydrogens is 314 g/mol. The quantitative estimate of drug-likeness (QED) is 0.456. The van der Waals surface area contributed by atoms with Crippen molar-refractivity contribution >= 4 is 23.4 Å². The van der Waals surface area contributed by atoms with Gasteiger partial charge >= 0.3 is 5.97 Å². The number of carbonyl (C=O) groups excluding carboxylic acids is 2. The first-order chi connectivity index (χ1) is 11.0. The van der Waals surface area contributed by atoms with Crippen LogP contribution < -0.4 is 0 Å². The van der Waals surface area contributed by atoms with E-state index in [2.05, 4.69) is 0 Å². The number of alkyl halides is 1. The molecular formula is C18H20ClNO3. The van der Waals surface area contributed by atoms with E-state index in [1.807, 2.05) is 26.0 Å². The normalized spacial score (nSPS) is 10.6. The molecule has 1 aromatic heterocycles. The molecule has 0 N–H and O–H groups in total. The van der Waals surface area contributed by atoms with Crippen LogP contribution in [0.2, 0.25) is 0 Å². The lowest BCUT2D eigenvalue weighted by atomic mass is 10.0. The van der Waals surface area contributed by atoms with E-state index in [9.17, 15) is 9.59 Å². The Morgan fingerprint density at radius 1 is 1.17 bits per heavy atom. The van der Waals surface area contributed by atoms with Crippen molar-refractivity contribution in [2.24, 2.45) is 0 Å². The SMILES string of the molecule is CCOC(=O)c1cc(C)c(C(=O)c2ccc(CCl)cc2)n1CC. The van der Waals surface area contributed by atoms with Gasteiger partial charge in [-0.2, -0.15) is 0 Å². The second-order valence-electron chi connectivity index (χ2n) is 5.19. The molecule has 2 rings (SSSR count). The van der Waals surface area contributed by atoms with Gasteiger partial charge in [-0.1, -0.05) is 24.3 Å². The van der Waals surface area contributed by atoms with Crippen LogP contribution in [0.4, 0.5) is 0 Å². The number of benzene rings is 1. The summed E-state index contributed by atoms with van der Waals surface area (Å²) in [6.45, 7) is 6.30. The van der Waals surface area contributed by atoms with Crippen molar-refractivity contribution in [1.29, 1.82) is 0 Å². The van der Waals surface area contributed by atoms with Crippen molar-refractivity contribution in [3.05, 3.63) is 58.4 Å². The molecule has 0 aliphatic carbocycles. The third-order valence-corrected chi connectivity index (χ3v) is 3.98. The fourth-order valence-corrected chi connectivity index (χ4v) is 2.75. The first kappa shape index (κ1) is 17.3. The zero-order chi connectivity index (χ0) is 17.0. The molecule has 1 aromatic carbocycles. The number of hydrogen-bond acceptors (Lipinski definition) is 3. The number of halogens is 1. The van der Waals surface area contributed by atoms with Crippen LogP contribution in [0, 0.1) is 6.92 Å². The number of ether oxygens (including phenoxy) is 1. The Morgan fingerprint density at radius 3 is 2.35 bits per heavy atom.